The molecule has 0 radical (unpaired) electrons. The number of nitrogens with zero attached hydrogens (tertiary/aromatic N) is 1. The molecule has 0 saturated carbocycles. The Hall–Kier alpha value is -1.26. The highest BCUT2D eigenvalue weighted by atomic mass is 16.6. The van der Waals surface area contributed by atoms with Gasteiger partial charge < -0.3 is 19.7 Å². The lowest BCUT2D eigenvalue weighted by molar-refractivity contribution is 0.167. The second-order valence-corrected chi connectivity index (χ2v) is 4.93. The SMILES string of the molecule is CCCNCCN(C)Cc1cccc2c1OCCO2. The van der Waals surface area contributed by atoms with Gasteiger partial charge in [-0.25, -0.2) is 0 Å². The van der Waals surface area contributed by atoms with Crippen LogP contribution in [0, 0.1) is 0 Å². The van der Waals surface area contributed by atoms with E-state index >= 15 is 0 Å². The fourth-order valence-corrected chi connectivity index (χ4v) is 2.20. The van der Waals surface area contributed by atoms with Crippen LogP contribution in [-0.2, 0) is 6.54 Å². The summed E-state index contributed by atoms with van der Waals surface area (Å²) in [5.41, 5.74) is 1.20. The third-order valence-corrected chi connectivity index (χ3v) is 3.19. The van der Waals surface area contributed by atoms with Crippen LogP contribution in [-0.4, -0.2) is 44.8 Å². The standard InChI is InChI=1S/C15H24N2O2/c1-3-7-16-8-9-17(2)12-13-5-4-6-14-15(13)19-11-10-18-14/h4-6,16H,3,7-12H2,1-2H3. The van der Waals surface area contributed by atoms with Gasteiger partial charge in [-0.05, 0) is 26.1 Å². The Morgan fingerprint density at radius 2 is 2.05 bits per heavy atom. The van der Waals surface area contributed by atoms with Gasteiger partial charge in [0.05, 0.1) is 0 Å². The van der Waals surface area contributed by atoms with Crippen molar-refractivity contribution >= 4 is 0 Å². The Bertz CT molecular complexity index is 396. The number of likely N-dealkylation sites (N-methyl/N-ethyl adjacent to an activating group) is 1. The van der Waals surface area contributed by atoms with E-state index in [0.717, 1.165) is 37.7 Å². The van der Waals surface area contributed by atoms with Crippen molar-refractivity contribution in [3.63, 3.8) is 0 Å². The van der Waals surface area contributed by atoms with Crippen LogP contribution < -0.4 is 14.8 Å². The van der Waals surface area contributed by atoms with Crippen molar-refractivity contribution in [1.29, 1.82) is 0 Å². The predicted octanol–water partition coefficient (Wildman–Crippen LogP) is 1.89. The van der Waals surface area contributed by atoms with Gasteiger partial charge in [0.2, 0.25) is 0 Å². The highest BCUT2D eigenvalue weighted by Crippen LogP contribution is 2.33. The van der Waals surface area contributed by atoms with Gasteiger partial charge in [-0.3, -0.25) is 0 Å². The molecule has 1 aliphatic heterocycles. The maximum atomic E-state index is 5.73. The Morgan fingerprint density at radius 1 is 1.21 bits per heavy atom. The molecule has 19 heavy (non-hydrogen) atoms. The minimum Gasteiger partial charge on any atom is -0.486 e. The van der Waals surface area contributed by atoms with Crippen LogP contribution in [0.25, 0.3) is 0 Å². The Kier molecular flexibility index (Phi) is 5.48. The van der Waals surface area contributed by atoms with Crippen molar-refractivity contribution in [2.75, 3.05) is 39.9 Å². The van der Waals surface area contributed by atoms with Crippen LogP contribution in [0.3, 0.4) is 0 Å². The van der Waals surface area contributed by atoms with Crippen LogP contribution >= 0.6 is 0 Å². The number of para-hydroxylation sites is 1. The summed E-state index contributed by atoms with van der Waals surface area (Å²) in [7, 11) is 2.14. The average Bonchev–Trinajstić information content (AvgIpc) is 2.44. The van der Waals surface area contributed by atoms with E-state index in [9.17, 15) is 0 Å². The van der Waals surface area contributed by atoms with Gasteiger partial charge >= 0.3 is 0 Å². The lowest BCUT2D eigenvalue weighted by Gasteiger charge is -2.23. The molecule has 0 unspecified atom stereocenters. The number of nitrogens with one attached hydrogen (secondary N) is 1. The summed E-state index contributed by atoms with van der Waals surface area (Å²) in [6.45, 7) is 7.51. The predicted molar refractivity (Wildman–Crippen MR) is 76.9 cm³/mol. The molecule has 0 aliphatic carbocycles. The van der Waals surface area contributed by atoms with E-state index in [2.05, 4.69) is 30.3 Å². The van der Waals surface area contributed by atoms with Gasteiger partial charge in [0, 0.05) is 25.2 Å². The van der Waals surface area contributed by atoms with Crippen LogP contribution in [0.4, 0.5) is 0 Å². The van der Waals surface area contributed by atoms with Crippen molar-refractivity contribution in [2.24, 2.45) is 0 Å². The highest BCUT2D eigenvalue weighted by molar-refractivity contribution is 5.47. The molecule has 0 fully saturated rings. The molecule has 106 valence electrons. The van der Waals surface area contributed by atoms with Crippen LogP contribution in [0.15, 0.2) is 18.2 Å². The van der Waals surface area contributed by atoms with Crippen molar-refractivity contribution < 1.29 is 9.47 Å². The summed E-state index contributed by atoms with van der Waals surface area (Å²) < 4.78 is 11.3. The molecular formula is C15H24N2O2. The zero-order valence-electron chi connectivity index (χ0n) is 11.9. The molecule has 1 aromatic rings. The molecule has 4 heteroatoms. The molecule has 0 amide bonds. The largest absolute Gasteiger partial charge is 0.486 e. The number of fused-ring (bicyclic) bond motifs is 1. The lowest BCUT2D eigenvalue weighted by atomic mass is 10.1. The second-order valence-electron chi connectivity index (χ2n) is 4.93. The Labute approximate surface area is 115 Å². The molecule has 0 bridgehead atoms. The van der Waals surface area contributed by atoms with Crippen molar-refractivity contribution in [3.05, 3.63) is 23.8 Å². The second kappa shape index (κ2) is 7.36. The molecule has 1 heterocycles. The summed E-state index contributed by atoms with van der Waals surface area (Å²) in [4.78, 5) is 2.30. The van der Waals surface area contributed by atoms with Crippen molar-refractivity contribution in [3.8, 4) is 11.5 Å². The van der Waals surface area contributed by atoms with E-state index in [1.807, 2.05) is 12.1 Å². The summed E-state index contributed by atoms with van der Waals surface area (Å²) in [6.07, 6.45) is 1.18. The quantitative estimate of drug-likeness (QED) is 0.763. The van der Waals surface area contributed by atoms with E-state index in [0.29, 0.717) is 13.2 Å². The Morgan fingerprint density at radius 3 is 2.89 bits per heavy atom. The van der Waals surface area contributed by atoms with Crippen LogP contribution in [0.5, 0.6) is 11.5 Å². The van der Waals surface area contributed by atoms with E-state index < -0.39 is 0 Å². The van der Waals surface area contributed by atoms with Gasteiger partial charge in [0.1, 0.15) is 13.2 Å². The summed E-state index contributed by atoms with van der Waals surface area (Å²) in [5, 5.41) is 3.42. The average molecular weight is 264 g/mol. The van der Waals surface area contributed by atoms with Gasteiger partial charge in [-0.1, -0.05) is 19.1 Å². The maximum absolute atomic E-state index is 5.73. The molecule has 1 aliphatic rings. The first-order chi connectivity index (χ1) is 9.31. The lowest BCUT2D eigenvalue weighted by Crippen LogP contribution is -2.29. The fraction of sp³-hybridized carbons (Fsp3) is 0.600. The van der Waals surface area contributed by atoms with E-state index in [1.165, 1.54) is 12.0 Å². The van der Waals surface area contributed by atoms with Crippen molar-refractivity contribution in [2.45, 2.75) is 19.9 Å². The minimum atomic E-state index is 0.645. The first-order valence-corrected chi connectivity index (χ1v) is 7.08. The summed E-state index contributed by atoms with van der Waals surface area (Å²) >= 11 is 0. The number of hydrogen-bond acceptors (Lipinski definition) is 4. The van der Waals surface area contributed by atoms with E-state index in [4.69, 9.17) is 9.47 Å². The smallest absolute Gasteiger partial charge is 0.165 e. The van der Waals surface area contributed by atoms with E-state index in [1.54, 1.807) is 0 Å². The molecule has 0 spiro atoms. The first kappa shape index (κ1) is 14.2. The van der Waals surface area contributed by atoms with Crippen LogP contribution in [0.1, 0.15) is 18.9 Å². The zero-order chi connectivity index (χ0) is 13.5. The number of benzene rings is 1. The third kappa shape index (κ3) is 4.11. The molecule has 4 nitrogen and oxygen atoms in total. The monoisotopic (exact) mass is 264 g/mol. The summed E-state index contributed by atoms with van der Waals surface area (Å²) in [5.74, 6) is 1.79. The molecule has 1 aromatic carbocycles. The highest BCUT2D eigenvalue weighted by Gasteiger charge is 2.16. The molecule has 0 saturated heterocycles. The zero-order valence-corrected chi connectivity index (χ0v) is 11.9. The molecule has 0 aromatic heterocycles. The normalized spacial score (nSPS) is 13.8. The fourth-order valence-electron chi connectivity index (χ4n) is 2.20. The molecule has 0 atom stereocenters. The van der Waals surface area contributed by atoms with Gasteiger partial charge in [0.15, 0.2) is 11.5 Å². The summed E-state index contributed by atoms with van der Waals surface area (Å²) in [6, 6.07) is 6.12. The maximum Gasteiger partial charge on any atom is 0.165 e. The minimum absolute atomic E-state index is 0.645. The van der Waals surface area contributed by atoms with Crippen molar-refractivity contribution in [1.82, 2.24) is 10.2 Å². The molecule has 1 N–H and O–H groups in total. The number of hydrogen-bond donors (Lipinski definition) is 1. The van der Waals surface area contributed by atoms with Gasteiger partial charge in [-0.15, -0.1) is 0 Å². The molecule has 2 rings (SSSR count). The topological polar surface area (TPSA) is 33.7 Å². The molecular weight excluding hydrogens is 240 g/mol. The number of ether oxygens (including phenoxy) is 2. The number of rotatable bonds is 7. The Balaban J connectivity index is 1.88. The van der Waals surface area contributed by atoms with Gasteiger partial charge in [-0.2, -0.15) is 0 Å². The van der Waals surface area contributed by atoms with E-state index in [-0.39, 0.29) is 0 Å². The van der Waals surface area contributed by atoms with Crippen LogP contribution in [0.2, 0.25) is 0 Å². The van der Waals surface area contributed by atoms with Gasteiger partial charge in [0.25, 0.3) is 0 Å². The third-order valence-electron chi connectivity index (χ3n) is 3.19. The first-order valence-electron chi connectivity index (χ1n) is 7.08.